The molecule has 0 bridgehead atoms. The minimum Gasteiger partial charge on any atom is -0.296 e. The Labute approximate surface area is 154 Å². The Balaban J connectivity index is 1.88. The van der Waals surface area contributed by atoms with E-state index in [0.29, 0.717) is 5.82 Å². The van der Waals surface area contributed by atoms with E-state index < -0.39 is 17.6 Å². The second-order valence-electron chi connectivity index (χ2n) is 5.15. The highest BCUT2D eigenvalue weighted by molar-refractivity contribution is 7.14. The van der Waals surface area contributed by atoms with Gasteiger partial charge in [0.2, 0.25) is 0 Å². The molecule has 0 fully saturated rings. The van der Waals surface area contributed by atoms with Crippen LogP contribution in [0.25, 0.3) is 11.3 Å². The molecule has 5 nitrogen and oxygen atoms in total. The van der Waals surface area contributed by atoms with Crippen LogP contribution in [-0.2, 0) is 6.18 Å². The van der Waals surface area contributed by atoms with Crippen molar-refractivity contribution in [3.8, 4) is 11.3 Å². The number of hydrogen-bond acceptors (Lipinski definition) is 5. The fraction of sp³-hybridized carbons (Fsp3) is 0.125. The monoisotopic (exact) mass is 398 g/mol. The zero-order valence-electron chi connectivity index (χ0n) is 13.1. The van der Waals surface area contributed by atoms with E-state index in [1.165, 1.54) is 29.8 Å². The van der Waals surface area contributed by atoms with Crippen LogP contribution in [0.15, 0.2) is 35.8 Å². The van der Waals surface area contributed by atoms with Gasteiger partial charge in [0.1, 0.15) is 5.82 Å². The number of carbonyl (C=O) groups is 1. The number of anilines is 1. The molecule has 0 aliphatic carbocycles. The van der Waals surface area contributed by atoms with Crippen molar-refractivity contribution in [2.24, 2.45) is 0 Å². The third kappa shape index (κ3) is 3.83. The lowest BCUT2D eigenvalue weighted by molar-refractivity contribution is -0.137. The van der Waals surface area contributed by atoms with Crippen molar-refractivity contribution < 1.29 is 18.0 Å². The first-order chi connectivity index (χ1) is 12.3. The topological polar surface area (TPSA) is 67.8 Å². The maximum absolute atomic E-state index is 13.1. The molecule has 1 N–H and O–H groups in total. The molecule has 1 amide bonds. The molecule has 2 heterocycles. The van der Waals surface area contributed by atoms with Crippen molar-refractivity contribution in [3.05, 3.63) is 57.9 Å². The number of hydrogen-bond donors (Lipinski definition) is 1. The lowest BCUT2D eigenvalue weighted by Crippen LogP contribution is -2.15. The smallest absolute Gasteiger partial charge is 0.296 e. The molecule has 0 aliphatic heterocycles. The Morgan fingerprint density at radius 1 is 1.23 bits per heavy atom. The predicted octanol–water partition coefficient (Wildman–Crippen LogP) is 4.83. The number of aryl methyl sites for hydroxylation is 1. The molecular weight excluding hydrogens is 389 g/mol. The maximum Gasteiger partial charge on any atom is 0.417 e. The number of nitrogens with zero attached hydrogens (tertiary/aromatic N) is 3. The zero-order valence-corrected chi connectivity index (χ0v) is 14.7. The van der Waals surface area contributed by atoms with Gasteiger partial charge in [0.05, 0.1) is 22.5 Å². The minimum atomic E-state index is -4.50. The van der Waals surface area contributed by atoms with Gasteiger partial charge in [-0.25, -0.2) is 15.0 Å². The molecule has 0 spiro atoms. The molecule has 0 aliphatic rings. The molecule has 134 valence electrons. The van der Waals surface area contributed by atoms with Crippen molar-refractivity contribution >= 4 is 34.0 Å². The number of carbonyl (C=O) groups excluding carboxylic acids is 1. The van der Waals surface area contributed by atoms with E-state index >= 15 is 0 Å². The van der Waals surface area contributed by atoms with Gasteiger partial charge in [-0.3, -0.25) is 10.1 Å². The highest BCUT2D eigenvalue weighted by atomic mass is 35.5. The molecule has 0 radical (unpaired) electrons. The number of alkyl halides is 3. The van der Waals surface area contributed by atoms with Crippen molar-refractivity contribution in [1.29, 1.82) is 0 Å². The highest BCUT2D eigenvalue weighted by Gasteiger charge is 2.33. The standard InChI is InChI=1S/C16H10ClF3N4OS/c1-8-21-6-11(17)13(22-8)14(25)24-15-23-12(7-26-15)9-4-2-3-5-10(9)16(18,19)20/h2-7H,1H3,(H,23,24,25). The summed E-state index contributed by atoms with van der Waals surface area (Å²) in [6, 6.07) is 5.11. The van der Waals surface area contributed by atoms with Crippen LogP contribution in [-0.4, -0.2) is 20.9 Å². The molecular formula is C16H10ClF3N4OS. The Kier molecular flexibility index (Phi) is 4.92. The minimum absolute atomic E-state index is 0.0355. The number of rotatable bonds is 3. The van der Waals surface area contributed by atoms with Crippen LogP contribution in [0.5, 0.6) is 0 Å². The van der Waals surface area contributed by atoms with Crippen molar-refractivity contribution in [2.75, 3.05) is 5.32 Å². The third-order valence-corrected chi connectivity index (χ3v) is 4.35. The summed E-state index contributed by atoms with van der Waals surface area (Å²) in [5, 5.41) is 4.12. The fourth-order valence-corrected chi connectivity index (χ4v) is 3.06. The van der Waals surface area contributed by atoms with Crippen LogP contribution in [0.3, 0.4) is 0 Å². The molecule has 10 heteroatoms. The summed E-state index contributed by atoms with van der Waals surface area (Å²) < 4.78 is 39.4. The molecule has 3 rings (SSSR count). The number of thiazole rings is 1. The Bertz CT molecular complexity index is 974. The van der Waals surface area contributed by atoms with E-state index in [4.69, 9.17) is 11.6 Å². The highest BCUT2D eigenvalue weighted by Crippen LogP contribution is 2.37. The lowest BCUT2D eigenvalue weighted by atomic mass is 10.1. The van der Waals surface area contributed by atoms with Crippen molar-refractivity contribution in [1.82, 2.24) is 15.0 Å². The van der Waals surface area contributed by atoms with Crippen molar-refractivity contribution in [3.63, 3.8) is 0 Å². The van der Waals surface area contributed by atoms with Crippen molar-refractivity contribution in [2.45, 2.75) is 13.1 Å². The van der Waals surface area contributed by atoms with Crippen LogP contribution >= 0.6 is 22.9 Å². The second kappa shape index (κ2) is 7.00. The summed E-state index contributed by atoms with van der Waals surface area (Å²) >= 11 is 6.90. The molecule has 0 saturated carbocycles. The summed E-state index contributed by atoms with van der Waals surface area (Å²) in [6.07, 6.45) is -3.21. The number of nitrogens with one attached hydrogen (secondary N) is 1. The second-order valence-corrected chi connectivity index (χ2v) is 6.41. The number of aromatic nitrogens is 3. The van der Waals surface area contributed by atoms with Crippen LogP contribution < -0.4 is 5.32 Å². The summed E-state index contributed by atoms with van der Waals surface area (Å²) in [6.45, 7) is 1.60. The Morgan fingerprint density at radius 3 is 2.69 bits per heavy atom. The van der Waals surface area contributed by atoms with E-state index in [1.807, 2.05) is 0 Å². The molecule has 1 aromatic carbocycles. The van der Waals surface area contributed by atoms with E-state index in [9.17, 15) is 18.0 Å². The van der Waals surface area contributed by atoms with E-state index in [-0.39, 0.29) is 27.1 Å². The number of halogens is 4. The van der Waals surface area contributed by atoms with Gasteiger partial charge in [0, 0.05) is 10.9 Å². The molecule has 26 heavy (non-hydrogen) atoms. The average molecular weight is 399 g/mol. The molecule has 3 aromatic rings. The van der Waals surface area contributed by atoms with Crippen LogP contribution in [0.2, 0.25) is 5.02 Å². The van der Waals surface area contributed by atoms with Gasteiger partial charge < -0.3 is 0 Å². The maximum atomic E-state index is 13.1. The van der Waals surface area contributed by atoms with Gasteiger partial charge in [-0.2, -0.15) is 13.2 Å². The van der Waals surface area contributed by atoms with Crippen LogP contribution in [0.1, 0.15) is 21.9 Å². The van der Waals surface area contributed by atoms with Gasteiger partial charge in [-0.1, -0.05) is 29.8 Å². The lowest BCUT2D eigenvalue weighted by Gasteiger charge is -2.10. The largest absolute Gasteiger partial charge is 0.417 e. The fourth-order valence-electron chi connectivity index (χ4n) is 2.18. The SMILES string of the molecule is Cc1ncc(Cl)c(C(=O)Nc2nc(-c3ccccc3C(F)(F)F)cs2)n1. The number of benzene rings is 1. The van der Waals surface area contributed by atoms with Gasteiger partial charge in [0.25, 0.3) is 5.91 Å². The van der Waals surface area contributed by atoms with Gasteiger partial charge in [0.15, 0.2) is 10.8 Å². The Hall–Kier alpha value is -2.52. The zero-order chi connectivity index (χ0) is 18.9. The van der Waals surface area contributed by atoms with E-state index in [0.717, 1.165) is 17.4 Å². The quantitative estimate of drug-likeness (QED) is 0.686. The molecule has 0 atom stereocenters. The third-order valence-electron chi connectivity index (χ3n) is 3.31. The Morgan fingerprint density at radius 2 is 1.96 bits per heavy atom. The van der Waals surface area contributed by atoms with Gasteiger partial charge >= 0.3 is 6.18 Å². The first-order valence-corrected chi connectivity index (χ1v) is 8.44. The molecule has 2 aromatic heterocycles. The van der Waals surface area contributed by atoms with Crippen LogP contribution in [0, 0.1) is 6.92 Å². The van der Waals surface area contributed by atoms with Crippen LogP contribution in [0.4, 0.5) is 18.3 Å². The normalized spacial score (nSPS) is 11.4. The van der Waals surface area contributed by atoms with E-state index in [1.54, 1.807) is 6.92 Å². The average Bonchev–Trinajstić information content (AvgIpc) is 3.04. The first kappa shape index (κ1) is 18.3. The summed E-state index contributed by atoms with van der Waals surface area (Å²) in [4.78, 5) is 24.1. The predicted molar refractivity (Wildman–Crippen MR) is 92.3 cm³/mol. The molecule has 0 unspecified atom stereocenters. The molecule has 0 saturated heterocycles. The van der Waals surface area contributed by atoms with E-state index in [2.05, 4.69) is 20.3 Å². The number of amides is 1. The van der Waals surface area contributed by atoms with Gasteiger partial charge in [-0.05, 0) is 13.0 Å². The van der Waals surface area contributed by atoms with Gasteiger partial charge in [-0.15, -0.1) is 11.3 Å². The summed E-state index contributed by atoms with van der Waals surface area (Å²) in [5.74, 6) is -0.260. The summed E-state index contributed by atoms with van der Waals surface area (Å²) in [5.41, 5.74) is -0.778. The summed E-state index contributed by atoms with van der Waals surface area (Å²) in [7, 11) is 0. The first-order valence-electron chi connectivity index (χ1n) is 7.18.